The number of carbonyl (C=O) groups is 3. The van der Waals surface area contributed by atoms with Crippen molar-refractivity contribution in [1.29, 1.82) is 0 Å². The van der Waals surface area contributed by atoms with Gasteiger partial charge in [-0.1, -0.05) is 23.2 Å². The largest absolute Gasteiger partial charge is 0.464 e. The van der Waals surface area contributed by atoms with E-state index in [0.717, 1.165) is 4.90 Å². The van der Waals surface area contributed by atoms with Gasteiger partial charge in [0.15, 0.2) is 5.71 Å². The number of hydrogen-bond acceptors (Lipinski definition) is 6. The summed E-state index contributed by atoms with van der Waals surface area (Å²) in [5, 5.41) is 4.25. The number of fused-ring (bicyclic) bond motifs is 1. The number of methoxy groups -OCH3 is 1. The number of carbonyl (C=O) groups excluding carboxylic acids is 3. The molecule has 1 aromatic rings. The van der Waals surface area contributed by atoms with Crippen molar-refractivity contribution in [3.63, 3.8) is 0 Å². The Morgan fingerprint density at radius 3 is 2.64 bits per heavy atom. The predicted octanol–water partition coefficient (Wildman–Crippen LogP) is 0.984. The fourth-order valence-electron chi connectivity index (χ4n) is 2.44. The number of hydrogen-bond donors (Lipinski definition) is 1. The van der Waals surface area contributed by atoms with Crippen molar-refractivity contribution in [3.8, 4) is 0 Å². The molecule has 1 N–H and O–H groups in total. The minimum Gasteiger partial charge on any atom is -0.464 e. The number of imide groups is 1. The number of nitrogens with zero attached hydrogens (tertiary/aromatic N) is 2. The predicted molar refractivity (Wildman–Crippen MR) is 78.8 cm³/mol. The summed E-state index contributed by atoms with van der Waals surface area (Å²) >= 11 is 11.7. The summed E-state index contributed by atoms with van der Waals surface area (Å²) in [6.45, 7) is 0. The zero-order valence-corrected chi connectivity index (χ0v) is 12.7. The molecule has 2 aliphatic rings. The molecule has 1 fully saturated rings. The van der Waals surface area contributed by atoms with Crippen molar-refractivity contribution < 1.29 is 19.1 Å². The van der Waals surface area contributed by atoms with E-state index in [0.29, 0.717) is 5.02 Å². The molecule has 2 heterocycles. The fraction of sp³-hybridized carbons (Fsp3) is 0.231. The standard InChI is InChI=1S/C13H9Cl2N3O4/c1-22-13(21)10-8-9(16-17-10)12(20)18(11(8)19)5-2-3-6(14)7(15)4-5/h2-4,8-9,16H,1H3. The number of nitrogens with one attached hydrogen (secondary N) is 1. The summed E-state index contributed by atoms with van der Waals surface area (Å²) in [7, 11) is 1.18. The Morgan fingerprint density at radius 2 is 2.00 bits per heavy atom. The molecule has 7 nitrogen and oxygen atoms in total. The third-order valence-corrected chi connectivity index (χ3v) is 4.22. The molecule has 2 unspecified atom stereocenters. The van der Waals surface area contributed by atoms with Crippen LogP contribution in [-0.4, -0.2) is 36.6 Å². The number of rotatable bonds is 2. The summed E-state index contributed by atoms with van der Waals surface area (Å²) in [4.78, 5) is 37.5. The van der Waals surface area contributed by atoms with Gasteiger partial charge in [-0.2, -0.15) is 5.10 Å². The van der Waals surface area contributed by atoms with E-state index in [1.54, 1.807) is 0 Å². The second-order valence-corrected chi connectivity index (χ2v) is 5.50. The van der Waals surface area contributed by atoms with Gasteiger partial charge in [-0.3, -0.25) is 15.0 Å². The van der Waals surface area contributed by atoms with Crippen LogP contribution in [0.4, 0.5) is 5.69 Å². The van der Waals surface area contributed by atoms with Gasteiger partial charge in [0.05, 0.1) is 22.8 Å². The molecule has 0 aliphatic carbocycles. The Kier molecular flexibility index (Phi) is 3.54. The first-order chi connectivity index (χ1) is 10.5. The topological polar surface area (TPSA) is 88.1 Å². The maximum absolute atomic E-state index is 12.5. The molecule has 0 bridgehead atoms. The van der Waals surface area contributed by atoms with E-state index in [-0.39, 0.29) is 16.4 Å². The Balaban J connectivity index is 1.98. The molecule has 114 valence electrons. The van der Waals surface area contributed by atoms with Crippen LogP contribution in [0.3, 0.4) is 0 Å². The van der Waals surface area contributed by atoms with Crippen molar-refractivity contribution >= 4 is 52.4 Å². The van der Waals surface area contributed by atoms with Crippen LogP contribution >= 0.6 is 23.2 Å². The second-order valence-electron chi connectivity index (χ2n) is 4.68. The van der Waals surface area contributed by atoms with Crippen molar-refractivity contribution in [2.24, 2.45) is 11.0 Å². The third kappa shape index (κ3) is 2.05. The Bertz CT molecular complexity index is 734. The lowest BCUT2D eigenvalue weighted by Crippen LogP contribution is -2.36. The van der Waals surface area contributed by atoms with E-state index in [2.05, 4.69) is 15.3 Å². The van der Waals surface area contributed by atoms with E-state index in [4.69, 9.17) is 23.2 Å². The van der Waals surface area contributed by atoms with Gasteiger partial charge in [0.25, 0.3) is 5.91 Å². The number of amides is 2. The molecule has 0 aromatic heterocycles. The number of hydrazone groups is 1. The van der Waals surface area contributed by atoms with Crippen LogP contribution < -0.4 is 10.3 Å². The van der Waals surface area contributed by atoms with Crippen LogP contribution in [0, 0.1) is 5.92 Å². The molecule has 2 amide bonds. The molecule has 9 heteroatoms. The minimum atomic E-state index is -1.01. The quantitative estimate of drug-likeness (QED) is 0.640. The van der Waals surface area contributed by atoms with Gasteiger partial charge in [-0.25, -0.2) is 9.69 Å². The van der Waals surface area contributed by atoms with Gasteiger partial charge in [0, 0.05) is 0 Å². The lowest BCUT2D eigenvalue weighted by atomic mass is 9.99. The highest BCUT2D eigenvalue weighted by Crippen LogP contribution is 2.33. The zero-order valence-electron chi connectivity index (χ0n) is 11.2. The van der Waals surface area contributed by atoms with Gasteiger partial charge in [0.1, 0.15) is 12.0 Å². The molecule has 1 saturated heterocycles. The summed E-state index contributed by atoms with van der Waals surface area (Å²) < 4.78 is 4.57. The minimum absolute atomic E-state index is 0.117. The lowest BCUT2D eigenvalue weighted by molar-refractivity contribution is -0.133. The number of ether oxygens (including phenoxy) is 1. The highest BCUT2D eigenvalue weighted by atomic mass is 35.5. The molecule has 22 heavy (non-hydrogen) atoms. The second kappa shape index (κ2) is 5.26. The number of halogens is 2. The van der Waals surface area contributed by atoms with Crippen molar-refractivity contribution in [2.75, 3.05) is 12.0 Å². The van der Waals surface area contributed by atoms with Gasteiger partial charge in [-0.15, -0.1) is 0 Å². The molecule has 2 aliphatic heterocycles. The average molecular weight is 342 g/mol. The van der Waals surface area contributed by atoms with Crippen molar-refractivity contribution in [3.05, 3.63) is 28.2 Å². The molecular formula is C13H9Cl2N3O4. The van der Waals surface area contributed by atoms with Gasteiger partial charge >= 0.3 is 5.97 Å². The Hall–Kier alpha value is -2.12. The SMILES string of the molecule is COC(=O)C1=NNC2C(=O)N(c3ccc(Cl)c(Cl)c3)C(=O)C12. The number of benzene rings is 1. The molecule has 0 radical (unpaired) electrons. The monoisotopic (exact) mass is 341 g/mol. The van der Waals surface area contributed by atoms with Crippen LogP contribution in [0.25, 0.3) is 0 Å². The first-order valence-electron chi connectivity index (χ1n) is 6.20. The highest BCUT2D eigenvalue weighted by molar-refractivity contribution is 6.47. The van der Waals surface area contributed by atoms with E-state index >= 15 is 0 Å². The third-order valence-electron chi connectivity index (χ3n) is 3.48. The van der Waals surface area contributed by atoms with E-state index in [9.17, 15) is 14.4 Å². The van der Waals surface area contributed by atoms with Crippen molar-refractivity contribution in [2.45, 2.75) is 6.04 Å². The Morgan fingerprint density at radius 1 is 1.27 bits per heavy atom. The summed E-state index contributed by atoms with van der Waals surface area (Å²) in [5.74, 6) is -2.84. The molecule has 1 aromatic carbocycles. The summed E-state index contributed by atoms with van der Waals surface area (Å²) in [6, 6.07) is 3.47. The number of anilines is 1. The van der Waals surface area contributed by atoms with Crippen LogP contribution in [0.1, 0.15) is 0 Å². The molecular weight excluding hydrogens is 333 g/mol. The molecule has 2 atom stereocenters. The number of esters is 1. The summed E-state index contributed by atoms with van der Waals surface area (Å²) in [6.07, 6.45) is 0. The lowest BCUT2D eigenvalue weighted by Gasteiger charge is -2.16. The van der Waals surface area contributed by atoms with Crippen LogP contribution in [0.5, 0.6) is 0 Å². The smallest absolute Gasteiger partial charge is 0.355 e. The van der Waals surface area contributed by atoms with Crippen molar-refractivity contribution in [1.82, 2.24) is 5.43 Å². The van der Waals surface area contributed by atoms with E-state index in [1.807, 2.05) is 0 Å². The summed E-state index contributed by atoms with van der Waals surface area (Å²) in [5.41, 5.74) is 2.67. The van der Waals surface area contributed by atoms with Gasteiger partial charge < -0.3 is 4.74 Å². The van der Waals surface area contributed by atoms with Crippen LogP contribution in [-0.2, 0) is 19.1 Å². The molecule has 3 rings (SSSR count). The van der Waals surface area contributed by atoms with Crippen LogP contribution in [0.2, 0.25) is 10.0 Å². The fourth-order valence-corrected chi connectivity index (χ4v) is 2.73. The average Bonchev–Trinajstić information content (AvgIpc) is 3.03. The maximum Gasteiger partial charge on any atom is 0.355 e. The normalized spacial score (nSPS) is 23.2. The first-order valence-corrected chi connectivity index (χ1v) is 6.95. The molecule has 0 saturated carbocycles. The molecule has 0 spiro atoms. The van der Waals surface area contributed by atoms with Crippen LogP contribution in [0.15, 0.2) is 23.3 Å². The van der Waals surface area contributed by atoms with Gasteiger partial charge in [-0.05, 0) is 18.2 Å². The zero-order chi connectivity index (χ0) is 16.0. The maximum atomic E-state index is 12.5. The van der Waals surface area contributed by atoms with Gasteiger partial charge in [0.2, 0.25) is 5.91 Å². The highest BCUT2D eigenvalue weighted by Gasteiger charge is 2.55. The Labute approximate surface area is 134 Å². The van der Waals surface area contributed by atoms with E-state index < -0.39 is 29.7 Å². The first kappa shape index (κ1) is 14.8. The van der Waals surface area contributed by atoms with E-state index in [1.165, 1.54) is 25.3 Å².